The topological polar surface area (TPSA) is 116 Å². The van der Waals surface area contributed by atoms with E-state index in [4.69, 9.17) is 10.2 Å². The number of hydrogen-bond acceptors (Lipinski definition) is 5. The van der Waals surface area contributed by atoms with Gasteiger partial charge in [0.15, 0.2) is 0 Å². The normalized spacial score (nSPS) is 11.3. The number of aromatic nitrogens is 3. The number of carboxylic acid groups (broad SMARTS) is 1. The summed E-state index contributed by atoms with van der Waals surface area (Å²) in [5.41, 5.74) is 1.45. The quantitative estimate of drug-likeness (QED) is 0.427. The van der Waals surface area contributed by atoms with E-state index in [-0.39, 0.29) is 5.69 Å². The number of nitrogens with zero attached hydrogens (tertiary/aromatic N) is 2. The van der Waals surface area contributed by atoms with Crippen molar-refractivity contribution >= 4 is 11.8 Å². The van der Waals surface area contributed by atoms with Crippen molar-refractivity contribution in [3.8, 4) is 0 Å². The van der Waals surface area contributed by atoms with Crippen molar-refractivity contribution < 1.29 is 19.8 Å². The number of pyridine rings is 1. The monoisotopic (exact) mass is 273 g/mol. The highest BCUT2D eigenvalue weighted by atomic mass is 16.4. The fraction of sp³-hybridized carbons (Fsp3) is 0.0769. The molecule has 102 valence electrons. The molecule has 0 saturated carbocycles. The molecule has 0 radical (unpaired) electrons. The van der Waals surface area contributed by atoms with Gasteiger partial charge in [-0.2, -0.15) is 5.10 Å². The van der Waals surface area contributed by atoms with Gasteiger partial charge in [-0.25, -0.2) is 4.79 Å². The molecule has 3 N–H and O–H groups in total. The maximum absolute atomic E-state index is 11.8. The molecular formula is C13H11N3O4. The van der Waals surface area contributed by atoms with E-state index in [1.54, 1.807) is 18.3 Å². The smallest absolute Gasteiger partial charge is 0.371 e. The fourth-order valence-corrected chi connectivity index (χ4v) is 1.61. The molecular weight excluding hydrogens is 262 g/mol. The Morgan fingerprint density at radius 2 is 2.10 bits per heavy atom. The number of aliphatic carboxylic acids is 1. The maximum Gasteiger partial charge on any atom is 0.371 e. The second-order valence-electron chi connectivity index (χ2n) is 3.97. The van der Waals surface area contributed by atoms with Crippen LogP contribution in [0.25, 0.3) is 0 Å². The van der Waals surface area contributed by atoms with Gasteiger partial charge in [-0.15, -0.1) is 0 Å². The molecule has 0 aliphatic carbocycles. The zero-order chi connectivity index (χ0) is 14.5. The standard InChI is InChI=1S/C13H11N3O4/c17-10(6-11(18)13(19)20)12-8(7-15-16-12)5-9-3-1-2-4-14-9/h1-4,6-7,18H,5H2,(H,15,16)(H,19,20). The minimum Gasteiger partial charge on any atom is -0.502 e. The van der Waals surface area contributed by atoms with Gasteiger partial charge in [-0.05, 0) is 12.1 Å². The summed E-state index contributed by atoms with van der Waals surface area (Å²) in [7, 11) is 0. The van der Waals surface area contributed by atoms with Gasteiger partial charge < -0.3 is 10.2 Å². The van der Waals surface area contributed by atoms with Crippen LogP contribution in [0.2, 0.25) is 0 Å². The molecule has 0 atom stereocenters. The first-order valence-electron chi connectivity index (χ1n) is 5.68. The van der Waals surface area contributed by atoms with Crippen LogP contribution in [0.15, 0.2) is 42.4 Å². The van der Waals surface area contributed by atoms with Crippen LogP contribution < -0.4 is 0 Å². The van der Waals surface area contributed by atoms with Crippen LogP contribution in [0.5, 0.6) is 0 Å². The van der Waals surface area contributed by atoms with Crippen molar-refractivity contribution in [2.75, 3.05) is 0 Å². The Hall–Kier alpha value is -2.96. The molecule has 2 aromatic heterocycles. The summed E-state index contributed by atoms with van der Waals surface area (Å²) >= 11 is 0. The summed E-state index contributed by atoms with van der Waals surface area (Å²) in [4.78, 5) is 26.4. The molecule has 0 aliphatic heterocycles. The first-order valence-corrected chi connectivity index (χ1v) is 5.68. The number of carboxylic acids is 1. The number of nitrogens with one attached hydrogen (secondary N) is 1. The minimum atomic E-state index is -1.57. The summed E-state index contributed by atoms with van der Waals surface area (Å²) in [6.07, 6.45) is 4.11. The largest absolute Gasteiger partial charge is 0.502 e. The Morgan fingerprint density at radius 1 is 1.30 bits per heavy atom. The van der Waals surface area contributed by atoms with Crippen LogP contribution in [0.1, 0.15) is 21.7 Å². The average molecular weight is 273 g/mol. The second kappa shape index (κ2) is 5.79. The van der Waals surface area contributed by atoms with E-state index in [1.807, 2.05) is 6.07 Å². The molecule has 2 aromatic rings. The fourth-order valence-electron chi connectivity index (χ4n) is 1.61. The number of carbonyl (C=O) groups excluding carboxylic acids is 1. The number of carbonyl (C=O) groups is 2. The highest BCUT2D eigenvalue weighted by molar-refractivity contribution is 6.07. The molecule has 7 heteroatoms. The summed E-state index contributed by atoms with van der Waals surface area (Å²) in [5, 5.41) is 23.9. The number of ketones is 1. The predicted octanol–water partition coefficient (Wildman–Crippen LogP) is 1.10. The average Bonchev–Trinajstić information content (AvgIpc) is 2.88. The lowest BCUT2D eigenvalue weighted by Gasteiger charge is -2.00. The van der Waals surface area contributed by atoms with Gasteiger partial charge in [0.05, 0.1) is 6.20 Å². The van der Waals surface area contributed by atoms with Gasteiger partial charge in [-0.3, -0.25) is 14.9 Å². The molecule has 0 spiro atoms. The molecule has 0 bridgehead atoms. The van der Waals surface area contributed by atoms with Crippen molar-refractivity contribution in [3.05, 3.63) is 59.4 Å². The van der Waals surface area contributed by atoms with Crippen molar-refractivity contribution in [2.24, 2.45) is 0 Å². The zero-order valence-electron chi connectivity index (χ0n) is 10.3. The predicted molar refractivity (Wildman–Crippen MR) is 68.3 cm³/mol. The van der Waals surface area contributed by atoms with Gasteiger partial charge in [-0.1, -0.05) is 6.07 Å². The van der Waals surface area contributed by atoms with Crippen LogP contribution in [0.3, 0.4) is 0 Å². The molecule has 0 fully saturated rings. The van der Waals surface area contributed by atoms with E-state index < -0.39 is 17.5 Å². The summed E-state index contributed by atoms with van der Waals surface area (Å²) in [5.74, 6) is -3.24. The summed E-state index contributed by atoms with van der Waals surface area (Å²) < 4.78 is 0. The molecule has 7 nitrogen and oxygen atoms in total. The van der Waals surface area contributed by atoms with Gasteiger partial charge in [0, 0.05) is 30.0 Å². The Morgan fingerprint density at radius 3 is 2.75 bits per heavy atom. The summed E-state index contributed by atoms with van der Waals surface area (Å²) in [6.45, 7) is 0. The van der Waals surface area contributed by atoms with Gasteiger partial charge >= 0.3 is 5.97 Å². The number of allylic oxidation sites excluding steroid dienone is 1. The third-order valence-corrected chi connectivity index (χ3v) is 2.55. The first-order chi connectivity index (χ1) is 9.58. The molecule has 0 saturated heterocycles. The number of aliphatic hydroxyl groups is 1. The van der Waals surface area contributed by atoms with E-state index in [2.05, 4.69) is 15.2 Å². The van der Waals surface area contributed by atoms with Gasteiger partial charge in [0.2, 0.25) is 11.5 Å². The Balaban J connectivity index is 2.23. The third kappa shape index (κ3) is 3.08. The molecule has 0 aromatic carbocycles. The summed E-state index contributed by atoms with van der Waals surface area (Å²) in [6, 6.07) is 5.39. The van der Waals surface area contributed by atoms with E-state index >= 15 is 0 Å². The number of hydrogen-bond donors (Lipinski definition) is 3. The molecule has 2 rings (SSSR count). The maximum atomic E-state index is 11.8. The van der Waals surface area contributed by atoms with Crippen molar-refractivity contribution in [3.63, 3.8) is 0 Å². The van der Waals surface area contributed by atoms with E-state index in [0.29, 0.717) is 18.1 Å². The van der Waals surface area contributed by atoms with Crippen LogP contribution in [0, 0.1) is 0 Å². The van der Waals surface area contributed by atoms with E-state index in [0.717, 1.165) is 5.69 Å². The van der Waals surface area contributed by atoms with Crippen LogP contribution >= 0.6 is 0 Å². The highest BCUT2D eigenvalue weighted by Crippen LogP contribution is 2.12. The molecule has 0 unspecified atom stereocenters. The van der Waals surface area contributed by atoms with Gasteiger partial charge in [0.1, 0.15) is 5.69 Å². The van der Waals surface area contributed by atoms with E-state index in [1.165, 1.54) is 6.20 Å². The number of aliphatic hydroxyl groups excluding tert-OH is 1. The number of rotatable bonds is 5. The Bertz CT molecular complexity index is 661. The lowest BCUT2D eigenvalue weighted by Crippen LogP contribution is -2.06. The number of aromatic amines is 1. The van der Waals surface area contributed by atoms with E-state index in [9.17, 15) is 9.59 Å². The lowest BCUT2D eigenvalue weighted by atomic mass is 10.1. The van der Waals surface area contributed by atoms with Crippen LogP contribution in [0.4, 0.5) is 0 Å². The van der Waals surface area contributed by atoms with Crippen molar-refractivity contribution in [1.29, 1.82) is 0 Å². The van der Waals surface area contributed by atoms with Crippen LogP contribution in [-0.2, 0) is 11.2 Å². The first kappa shape index (κ1) is 13.5. The van der Waals surface area contributed by atoms with Crippen molar-refractivity contribution in [1.82, 2.24) is 15.2 Å². The second-order valence-corrected chi connectivity index (χ2v) is 3.97. The third-order valence-electron chi connectivity index (χ3n) is 2.55. The Kier molecular flexibility index (Phi) is 3.90. The molecule has 0 amide bonds. The highest BCUT2D eigenvalue weighted by Gasteiger charge is 2.15. The Labute approximate surface area is 113 Å². The lowest BCUT2D eigenvalue weighted by molar-refractivity contribution is -0.135. The molecule has 0 aliphatic rings. The van der Waals surface area contributed by atoms with Gasteiger partial charge in [0.25, 0.3) is 0 Å². The van der Waals surface area contributed by atoms with Crippen molar-refractivity contribution in [2.45, 2.75) is 6.42 Å². The molecule has 20 heavy (non-hydrogen) atoms. The zero-order valence-corrected chi connectivity index (χ0v) is 10.3. The number of H-pyrrole nitrogens is 1. The minimum absolute atomic E-state index is 0.128. The SMILES string of the molecule is O=C(O)C(O)=CC(=O)c1[nH]ncc1Cc1ccccn1. The van der Waals surface area contributed by atoms with Crippen LogP contribution in [-0.4, -0.2) is 37.1 Å². The molecule has 2 heterocycles.